The summed E-state index contributed by atoms with van der Waals surface area (Å²) in [4.78, 5) is 23.6. The lowest BCUT2D eigenvalue weighted by atomic mass is 10.2. The molecule has 5 rings (SSSR count). The van der Waals surface area contributed by atoms with Crippen molar-refractivity contribution in [2.45, 2.75) is 12.5 Å². The van der Waals surface area contributed by atoms with E-state index in [0.717, 1.165) is 35.2 Å². The summed E-state index contributed by atoms with van der Waals surface area (Å²) in [6.07, 6.45) is 0.725. The number of benzene rings is 2. The summed E-state index contributed by atoms with van der Waals surface area (Å²) in [5.74, 6) is 1.87. The summed E-state index contributed by atoms with van der Waals surface area (Å²) >= 11 is 0. The molecular formula is C21H20N6O2. The van der Waals surface area contributed by atoms with E-state index in [2.05, 4.69) is 5.32 Å². The van der Waals surface area contributed by atoms with E-state index in [1.54, 1.807) is 16.5 Å². The molecule has 1 aliphatic heterocycles. The number of hydrogen-bond donors (Lipinski definition) is 1. The first-order chi connectivity index (χ1) is 14.1. The van der Waals surface area contributed by atoms with E-state index in [9.17, 15) is 4.79 Å². The zero-order valence-corrected chi connectivity index (χ0v) is 16.2. The van der Waals surface area contributed by atoms with Crippen LogP contribution in [0.15, 0.2) is 48.5 Å². The third-order valence-electron chi connectivity index (χ3n) is 5.24. The maximum Gasteiger partial charge on any atom is 0.244 e. The Hall–Kier alpha value is -3.68. The zero-order chi connectivity index (χ0) is 20.0. The average Bonchev–Trinajstić information content (AvgIpc) is 3.34. The Balaban J connectivity index is 1.67. The number of aromatic nitrogens is 4. The number of anilines is 1. The predicted molar refractivity (Wildman–Crippen MR) is 110 cm³/mol. The van der Waals surface area contributed by atoms with Gasteiger partial charge in [-0.05, 0) is 30.7 Å². The Bertz CT molecular complexity index is 1230. The summed E-state index contributed by atoms with van der Waals surface area (Å²) < 4.78 is 7.01. The van der Waals surface area contributed by atoms with E-state index >= 15 is 0 Å². The number of para-hydroxylation sites is 1. The second-order valence-corrected chi connectivity index (χ2v) is 7.10. The molecule has 1 amide bonds. The number of amides is 1. The molecule has 1 atom stereocenters. The van der Waals surface area contributed by atoms with E-state index < -0.39 is 0 Å². The smallest absolute Gasteiger partial charge is 0.244 e. The van der Waals surface area contributed by atoms with Gasteiger partial charge in [-0.1, -0.05) is 24.3 Å². The van der Waals surface area contributed by atoms with E-state index in [0.29, 0.717) is 17.4 Å². The second-order valence-electron chi connectivity index (χ2n) is 7.10. The first kappa shape index (κ1) is 17.4. The number of ether oxygens (including phenoxy) is 1. The molecule has 0 spiro atoms. The van der Waals surface area contributed by atoms with Crippen LogP contribution in [-0.4, -0.2) is 57.1 Å². The van der Waals surface area contributed by atoms with E-state index in [1.165, 1.54) is 0 Å². The monoisotopic (exact) mass is 388 g/mol. The third kappa shape index (κ3) is 2.93. The molecule has 8 heteroatoms. The van der Waals surface area contributed by atoms with Crippen LogP contribution < -0.4 is 10.1 Å². The molecule has 1 N–H and O–H groups in total. The van der Waals surface area contributed by atoms with Gasteiger partial charge in [-0.15, -0.1) is 5.10 Å². The molecule has 146 valence electrons. The SMILES string of the molecule is COc1cccc(-c2nc3c4ccccc4nc(NC4CCN(C)C4=O)n3n2)c1. The molecule has 4 aromatic rings. The number of hydrogen-bond acceptors (Lipinski definition) is 6. The number of carbonyl (C=O) groups is 1. The number of nitrogens with zero attached hydrogens (tertiary/aromatic N) is 5. The molecule has 0 aliphatic carbocycles. The molecule has 0 radical (unpaired) electrons. The van der Waals surface area contributed by atoms with Crippen LogP contribution in [0.5, 0.6) is 5.75 Å². The molecule has 1 unspecified atom stereocenters. The number of fused-ring (bicyclic) bond motifs is 3. The summed E-state index contributed by atoms with van der Waals surface area (Å²) in [5.41, 5.74) is 2.33. The first-order valence-electron chi connectivity index (χ1n) is 9.45. The van der Waals surface area contributed by atoms with Gasteiger partial charge in [0.05, 0.1) is 12.6 Å². The maximum atomic E-state index is 12.4. The van der Waals surface area contributed by atoms with Gasteiger partial charge in [-0.3, -0.25) is 4.79 Å². The third-order valence-corrected chi connectivity index (χ3v) is 5.24. The normalized spacial score (nSPS) is 16.7. The van der Waals surface area contributed by atoms with Gasteiger partial charge in [0, 0.05) is 24.5 Å². The highest BCUT2D eigenvalue weighted by atomic mass is 16.5. The molecule has 1 saturated heterocycles. The Morgan fingerprint density at radius 1 is 1.14 bits per heavy atom. The fraction of sp³-hybridized carbons (Fsp3) is 0.238. The maximum absolute atomic E-state index is 12.4. The highest BCUT2D eigenvalue weighted by Gasteiger charge is 2.30. The van der Waals surface area contributed by atoms with Crippen molar-refractivity contribution < 1.29 is 9.53 Å². The van der Waals surface area contributed by atoms with Crippen molar-refractivity contribution in [1.82, 2.24) is 24.5 Å². The summed E-state index contributed by atoms with van der Waals surface area (Å²) in [5, 5.41) is 8.87. The summed E-state index contributed by atoms with van der Waals surface area (Å²) in [6.45, 7) is 0.722. The van der Waals surface area contributed by atoms with Crippen molar-refractivity contribution >= 4 is 28.4 Å². The van der Waals surface area contributed by atoms with E-state index in [1.807, 2.05) is 55.6 Å². The van der Waals surface area contributed by atoms with Gasteiger partial charge >= 0.3 is 0 Å². The first-order valence-corrected chi connectivity index (χ1v) is 9.45. The van der Waals surface area contributed by atoms with Crippen LogP contribution in [-0.2, 0) is 4.79 Å². The average molecular weight is 388 g/mol. The minimum Gasteiger partial charge on any atom is -0.497 e. The largest absolute Gasteiger partial charge is 0.497 e. The van der Waals surface area contributed by atoms with Crippen molar-refractivity contribution in [2.75, 3.05) is 26.0 Å². The number of likely N-dealkylation sites (tertiary alicyclic amines) is 1. The highest BCUT2D eigenvalue weighted by molar-refractivity contribution is 5.93. The van der Waals surface area contributed by atoms with Crippen LogP contribution in [0, 0.1) is 0 Å². The van der Waals surface area contributed by atoms with E-state index in [-0.39, 0.29) is 11.9 Å². The molecule has 1 aliphatic rings. The number of nitrogens with one attached hydrogen (secondary N) is 1. The van der Waals surface area contributed by atoms with Gasteiger partial charge in [-0.2, -0.15) is 4.52 Å². The molecule has 0 bridgehead atoms. The Morgan fingerprint density at radius 3 is 2.79 bits per heavy atom. The van der Waals surface area contributed by atoms with Gasteiger partial charge in [0.15, 0.2) is 11.5 Å². The highest BCUT2D eigenvalue weighted by Crippen LogP contribution is 2.26. The molecule has 3 heterocycles. The van der Waals surface area contributed by atoms with Crippen LogP contribution in [0.4, 0.5) is 5.95 Å². The van der Waals surface area contributed by atoms with Crippen LogP contribution in [0.1, 0.15) is 6.42 Å². The minimum absolute atomic E-state index is 0.0567. The lowest BCUT2D eigenvalue weighted by molar-refractivity contribution is -0.127. The molecule has 8 nitrogen and oxygen atoms in total. The molecular weight excluding hydrogens is 368 g/mol. The molecule has 2 aromatic heterocycles. The Kier molecular flexibility index (Phi) is 4.04. The lowest BCUT2D eigenvalue weighted by Crippen LogP contribution is -2.32. The van der Waals surface area contributed by atoms with Gasteiger partial charge < -0.3 is 15.0 Å². The number of likely N-dealkylation sites (N-methyl/N-ethyl adjacent to an activating group) is 1. The van der Waals surface area contributed by atoms with Gasteiger partial charge in [0.1, 0.15) is 11.8 Å². The van der Waals surface area contributed by atoms with Crippen LogP contribution in [0.3, 0.4) is 0 Å². The minimum atomic E-state index is -0.318. The van der Waals surface area contributed by atoms with Crippen molar-refractivity contribution in [1.29, 1.82) is 0 Å². The molecule has 1 fully saturated rings. The Morgan fingerprint density at radius 2 is 2.00 bits per heavy atom. The van der Waals surface area contributed by atoms with E-state index in [4.69, 9.17) is 19.8 Å². The summed E-state index contributed by atoms with van der Waals surface area (Å²) in [6, 6.07) is 15.1. The number of carbonyl (C=O) groups excluding carboxylic acids is 1. The van der Waals surface area contributed by atoms with Gasteiger partial charge in [-0.25, -0.2) is 9.97 Å². The fourth-order valence-corrected chi connectivity index (χ4v) is 3.65. The van der Waals surface area contributed by atoms with Crippen molar-refractivity contribution in [3.05, 3.63) is 48.5 Å². The van der Waals surface area contributed by atoms with Crippen LogP contribution in [0.2, 0.25) is 0 Å². The topological polar surface area (TPSA) is 84.7 Å². The van der Waals surface area contributed by atoms with Gasteiger partial charge in [0.25, 0.3) is 0 Å². The molecule has 0 saturated carbocycles. The summed E-state index contributed by atoms with van der Waals surface area (Å²) in [7, 11) is 3.44. The second kappa shape index (κ2) is 6.73. The van der Waals surface area contributed by atoms with Crippen molar-refractivity contribution in [3.63, 3.8) is 0 Å². The Labute approximate surface area is 167 Å². The van der Waals surface area contributed by atoms with Crippen LogP contribution >= 0.6 is 0 Å². The fourth-order valence-electron chi connectivity index (χ4n) is 3.65. The van der Waals surface area contributed by atoms with Crippen LogP contribution in [0.25, 0.3) is 27.9 Å². The number of rotatable bonds is 4. The van der Waals surface area contributed by atoms with Gasteiger partial charge in [0.2, 0.25) is 11.9 Å². The zero-order valence-electron chi connectivity index (χ0n) is 16.2. The quantitative estimate of drug-likeness (QED) is 0.578. The number of methoxy groups -OCH3 is 1. The van der Waals surface area contributed by atoms with Crippen molar-refractivity contribution in [3.8, 4) is 17.1 Å². The predicted octanol–water partition coefficient (Wildman–Crippen LogP) is 2.60. The lowest BCUT2D eigenvalue weighted by Gasteiger charge is -2.14. The standard InChI is InChI=1S/C21H20N6O2/c1-26-11-10-17(20(26)28)23-21-22-16-9-4-3-8-15(16)19-24-18(25-27(19)21)13-6-5-7-14(12-13)29-2/h3-9,12,17H,10-11H2,1-2H3,(H,22,23). The molecule has 2 aromatic carbocycles. The van der Waals surface area contributed by atoms with Crippen molar-refractivity contribution in [2.24, 2.45) is 0 Å². The molecule has 29 heavy (non-hydrogen) atoms.